The summed E-state index contributed by atoms with van der Waals surface area (Å²) in [4.78, 5) is 38.0. The molecule has 0 fully saturated rings. The Balaban J connectivity index is 1.81. The molecule has 180 valence electrons. The number of benzene rings is 2. The fourth-order valence-electron chi connectivity index (χ4n) is 3.47. The second kappa shape index (κ2) is 10.5. The average Bonchev–Trinajstić information content (AvgIpc) is 2.79. The molecule has 3 rings (SSSR count). The molecular weight excluding hydrogens is 487 g/mol. The summed E-state index contributed by atoms with van der Waals surface area (Å²) in [7, 11) is 0. The molecule has 2 aromatic carbocycles. The Labute approximate surface area is 213 Å². The van der Waals surface area contributed by atoms with Crippen LogP contribution in [0.3, 0.4) is 0 Å². The van der Waals surface area contributed by atoms with E-state index in [4.69, 9.17) is 27.9 Å². The van der Waals surface area contributed by atoms with Gasteiger partial charge in [0, 0.05) is 34.8 Å². The van der Waals surface area contributed by atoms with Gasteiger partial charge >= 0.3 is 5.97 Å². The van der Waals surface area contributed by atoms with Gasteiger partial charge in [0.05, 0.1) is 28.3 Å². The van der Waals surface area contributed by atoms with Crippen molar-refractivity contribution in [2.24, 2.45) is 0 Å². The van der Waals surface area contributed by atoms with Gasteiger partial charge in [-0.25, -0.2) is 4.79 Å². The summed E-state index contributed by atoms with van der Waals surface area (Å²) < 4.78 is 6.61. The zero-order valence-corrected chi connectivity index (χ0v) is 21.3. The van der Waals surface area contributed by atoms with Crippen LogP contribution in [0.5, 0.6) is 0 Å². The third-order valence-electron chi connectivity index (χ3n) is 5.27. The Morgan fingerprint density at radius 1 is 1.06 bits per heavy atom. The van der Waals surface area contributed by atoms with Crippen molar-refractivity contribution in [2.75, 3.05) is 0 Å². The lowest BCUT2D eigenvalue weighted by Crippen LogP contribution is -2.28. The van der Waals surface area contributed by atoms with Crippen LogP contribution in [-0.2, 0) is 16.0 Å². The van der Waals surface area contributed by atoms with E-state index in [1.54, 1.807) is 70.2 Å². The third-order valence-corrected chi connectivity index (χ3v) is 5.81. The van der Waals surface area contributed by atoms with E-state index in [2.05, 4.69) is 6.07 Å². The maximum absolute atomic E-state index is 12.9. The average molecular weight is 511 g/mol. The molecular formula is C27H24Cl2N2O4. The normalized spacial score (nSPS) is 12.0. The number of halogens is 2. The smallest absolute Gasteiger partial charge is 0.338 e. The van der Waals surface area contributed by atoms with Crippen molar-refractivity contribution in [3.63, 3.8) is 0 Å². The van der Waals surface area contributed by atoms with Crippen molar-refractivity contribution in [3.05, 3.63) is 91.8 Å². The van der Waals surface area contributed by atoms with Gasteiger partial charge in [0.25, 0.3) is 5.56 Å². The number of hydrogen-bond donors (Lipinski definition) is 0. The lowest BCUT2D eigenvalue weighted by molar-refractivity contribution is -0.121. The highest BCUT2D eigenvalue weighted by Gasteiger charge is 2.21. The Morgan fingerprint density at radius 2 is 1.71 bits per heavy atom. The molecule has 8 heteroatoms. The van der Waals surface area contributed by atoms with E-state index in [0.717, 1.165) is 0 Å². The van der Waals surface area contributed by atoms with E-state index in [9.17, 15) is 19.6 Å². The van der Waals surface area contributed by atoms with Gasteiger partial charge in [0.2, 0.25) is 0 Å². The van der Waals surface area contributed by atoms with E-state index < -0.39 is 23.2 Å². The summed E-state index contributed by atoms with van der Waals surface area (Å²) in [5.74, 6) is -0.648. The zero-order chi connectivity index (χ0) is 25.9. The van der Waals surface area contributed by atoms with E-state index in [1.807, 2.05) is 0 Å². The van der Waals surface area contributed by atoms with Crippen LogP contribution in [0, 0.1) is 11.3 Å². The summed E-state index contributed by atoms with van der Waals surface area (Å²) in [6, 6.07) is 13.9. The number of aromatic nitrogens is 1. The van der Waals surface area contributed by atoms with Crippen molar-refractivity contribution in [1.82, 2.24) is 4.57 Å². The van der Waals surface area contributed by atoms with E-state index in [0.29, 0.717) is 32.8 Å². The van der Waals surface area contributed by atoms with Gasteiger partial charge < -0.3 is 9.30 Å². The molecule has 6 nitrogen and oxygen atoms in total. The van der Waals surface area contributed by atoms with Crippen LogP contribution in [0.2, 0.25) is 10.0 Å². The van der Waals surface area contributed by atoms with Crippen LogP contribution in [-0.4, -0.2) is 21.9 Å². The largest absolute Gasteiger partial charge is 0.456 e. The molecule has 0 spiro atoms. The molecule has 0 saturated heterocycles. The summed E-state index contributed by atoms with van der Waals surface area (Å²) in [5, 5.41) is 10.0. The van der Waals surface area contributed by atoms with Crippen LogP contribution >= 0.6 is 23.2 Å². The zero-order valence-electron chi connectivity index (χ0n) is 19.8. The predicted octanol–water partition coefficient (Wildman–Crippen LogP) is 6.02. The molecule has 0 amide bonds. The molecule has 35 heavy (non-hydrogen) atoms. The monoisotopic (exact) mass is 510 g/mol. The highest BCUT2D eigenvalue weighted by atomic mass is 35.5. The summed E-state index contributed by atoms with van der Waals surface area (Å²) in [6.07, 6.45) is 1.46. The number of carbonyl (C=O) groups excluding carboxylic acids is 2. The first-order valence-corrected chi connectivity index (χ1v) is 11.6. The summed E-state index contributed by atoms with van der Waals surface area (Å²) in [6.45, 7) is 6.99. The number of ketones is 1. The topological polar surface area (TPSA) is 89.2 Å². The first-order chi connectivity index (χ1) is 16.4. The molecule has 0 aliphatic carbocycles. The van der Waals surface area contributed by atoms with Crippen molar-refractivity contribution in [2.45, 2.75) is 45.8 Å². The molecule has 1 aromatic heterocycles. The number of esters is 1. The maximum Gasteiger partial charge on any atom is 0.338 e. The fourth-order valence-corrected chi connectivity index (χ4v) is 3.90. The van der Waals surface area contributed by atoms with E-state index >= 15 is 0 Å². The quantitative estimate of drug-likeness (QED) is 0.378. The number of pyridine rings is 1. The predicted molar refractivity (Wildman–Crippen MR) is 136 cm³/mol. The Hall–Kier alpha value is -3.40. The van der Waals surface area contributed by atoms with Gasteiger partial charge in [-0.3, -0.25) is 9.59 Å². The van der Waals surface area contributed by atoms with Gasteiger partial charge in [0.15, 0.2) is 5.78 Å². The Morgan fingerprint density at radius 3 is 2.31 bits per heavy atom. The molecule has 0 aliphatic heterocycles. The van der Waals surface area contributed by atoms with Crippen molar-refractivity contribution >= 4 is 35.0 Å². The van der Waals surface area contributed by atoms with E-state index in [1.165, 1.54) is 16.8 Å². The van der Waals surface area contributed by atoms with Gasteiger partial charge in [-0.1, -0.05) is 35.3 Å². The van der Waals surface area contributed by atoms with Gasteiger partial charge in [-0.05, 0) is 63.6 Å². The number of nitrogens with zero attached hydrogens (tertiary/aromatic N) is 2. The number of nitriles is 1. The van der Waals surface area contributed by atoms with Gasteiger partial charge in [-0.2, -0.15) is 5.26 Å². The highest BCUT2D eigenvalue weighted by Crippen LogP contribution is 2.31. The number of hydrogen-bond acceptors (Lipinski definition) is 5. The first kappa shape index (κ1) is 26.2. The second-order valence-corrected chi connectivity index (χ2v) is 9.94. The summed E-state index contributed by atoms with van der Waals surface area (Å²) in [5.41, 5.74) is 1.18. The van der Waals surface area contributed by atoms with Crippen molar-refractivity contribution in [1.29, 1.82) is 5.26 Å². The molecule has 0 saturated carbocycles. The molecule has 0 bridgehead atoms. The van der Waals surface area contributed by atoms with Crippen LogP contribution in [0.15, 0.2) is 59.5 Å². The standard InChI is InChI=1S/C27H24Cl2N2O4/c1-16(24(32)11-17-5-7-18(8-6-17)26(34)35-27(2,3)4)31-15-23(29)22(13-25(31)33)21-12-20(28)10-9-19(21)14-30/h5-10,12-13,15-16H,11H2,1-4H3. The molecule has 3 aromatic rings. The molecule has 0 N–H and O–H groups in total. The number of Topliss-reactive ketones (excluding diaryl/α,β-unsaturated/α-hetero) is 1. The SMILES string of the molecule is CC(C(=O)Cc1ccc(C(=O)OC(C)(C)C)cc1)n1cc(Cl)c(-c2cc(Cl)ccc2C#N)cc1=O. The lowest BCUT2D eigenvalue weighted by Gasteiger charge is -2.19. The van der Waals surface area contributed by atoms with Crippen LogP contribution < -0.4 is 5.56 Å². The van der Waals surface area contributed by atoms with Crippen molar-refractivity contribution < 1.29 is 14.3 Å². The number of rotatable bonds is 6. The van der Waals surface area contributed by atoms with Gasteiger partial charge in [0.1, 0.15) is 5.60 Å². The Kier molecular flexibility index (Phi) is 7.84. The molecule has 0 radical (unpaired) electrons. The fraction of sp³-hybridized carbons (Fsp3) is 0.259. The second-order valence-electron chi connectivity index (χ2n) is 9.10. The number of carbonyl (C=O) groups is 2. The molecule has 1 heterocycles. The summed E-state index contributed by atoms with van der Waals surface area (Å²) >= 11 is 12.5. The highest BCUT2D eigenvalue weighted by molar-refractivity contribution is 6.33. The van der Waals surface area contributed by atoms with Crippen LogP contribution in [0.25, 0.3) is 11.1 Å². The molecule has 0 aliphatic rings. The Bertz CT molecular complexity index is 1380. The minimum absolute atomic E-state index is 0.0639. The molecule has 1 unspecified atom stereocenters. The van der Waals surface area contributed by atoms with E-state index in [-0.39, 0.29) is 17.2 Å². The van der Waals surface area contributed by atoms with Gasteiger partial charge in [-0.15, -0.1) is 0 Å². The molecule has 1 atom stereocenters. The number of ether oxygens (including phenoxy) is 1. The van der Waals surface area contributed by atoms with Crippen molar-refractivity contribution in [3.8, 4) is 17.2 Å². The maximum atomic E-state index is 12.9. The first-order valence-electron chi connectivity index (χ1n) is 10.9. The minimum Gasteiger partial charge on any atom is -0.456 e. The van der Waals surface area contributed by atoms with Crippen LogP contribution in [0.4, 0.5) is 0 Å². The lowest BCUT2D eigenvalue weighted by atomic mass is 10.0. The van der Waals surface area contributed by atoms with Crippen LogP contribution in [0.1, 0.15) is 55.2 Å². The minimum atomic E-state index is -0.783. The third kappa shape index (κ3) is 6.39.